The van der Waals surface area contributed by atoms with E-state index in [9.17, 15) is 0 Å². The molecule has 0 bridgehead atoms. The SMILES string of the molecule is CCOc1ccc(C)cc1C(N)c1cccs1. The van der Waals surface area contributed by atoms with E-state index in [1.165, 1.54) is 5.56 Å². The maximum atomic E-state index is 6.29. The minimum absolute atomic E-state index is 0.101. The molecule has 1 unspecified atom stereocenters. The van der Waals surface area contributed by atoms with Crippen LogP contribution in [0.4, 0.5) is 0 Å². The van der Waals surface area contributed by atoms with Gasteiger partial charge in [0.25, 0.3) is 0 Å². The van der Waals surface area contributed by atoms with Crippen molar-refractivity contribution in [3.63, 3.8) is 0 Å². The third-order valence-electron chi connectivity index (χ3n) is 2.65. The van der Waals surface area contributed by atoms with Crippen LogP contribution in [0, 0.1) is 6.92 Å². The summed E-state index contributed by atoms with van der Waals surface area (Å²) in [4.78, 5) is 1.16. The molecule has 1 heterocycles. The minimum Gasteiger partial charge on any atom is -0.494 e. The van der Waals surface area contributed by atoms with Crippen LogP contribution in [-0.2, 0) is 0 Å². The second-order valence-corrected chi connectivity index (χ2v) is 4.95. The largest absolute Gasteiger partial charge is 0.494 e. The molecule has 0 aliphatic carbocycles. The van der Waals surface area contributed by atoms with Crippen molar-refractivity contribution in [2.45, 2.75) is 19.9 Å². The lowest BCUT2D eigenvalue weighted by molar-refractivity contribution is 0.335. The van der Waals surface area contributed by atoms with E-state index < -0.39 is 0 Å². The van der Waals surface area contributed by atoms with Crippen LogP contribution >= 0.6 is 11.3 Å². The van der Waals surface area contributed by atoms with Crippen molar-refractivity contribution in [1.82, 2.24) is 0 Å². The lowest BCUT2D eigenvalue weighted by atomic mass is 10.0. The first-order valence-corrected chi connectivity index (χ1v) is 6.62. The number of thiophene rings is 1. The summed E-state index contributed by atoms with van der Waals surface area (Å²) in [5, 5.41) is 2.05. The number of nitrogens with two attached hydrogens (primary N) is 1. The molecule has 0 fully saturated rings. The highest BCUT2D eigenvalue weighted by molar-refractivity contribution is 7.10. The van der Waals surface area contributed by atoms with Gasteiger partial charge in [-0.3, -0.25) is 0 Å². The minimum atomic E-state index is -0.101. The maximum Gasteiger partial charge on any atom is 0.124 e. The summed E-state index contributed by atoms with van der Waals surface area (Å²) < 4.78 is 5.64. The van der Waals surface area contributed by atoms with Gasteiger partial charge in [0.15, 0.2) is 0 Å². The van der Waals surface area contributed by atoms with Crippen molar-refractivity contribution in [2.24, 2.45) is 5.73 Å². The zero-order valence-electron chi connectivity index (χ0n) is 10.1. The lowest BCUT2D eigenvalue weighted by Gasteiger charge is -2.16. The highest BCUT2D eigenvalue weighted by Crippen LogP contribution is 2.31. The molecule has 3 heteroatoms. The topological polar surface area (TPSA) is 35.2 Å². The van der Waals surface area contributed by atoms with Crippen LogP contribution in [0.5, 0.6) is 5.75 Å². The van der Waals surface area contributed by atoms with Gasteiger partial charge in [0.05, 0.1) is 12.6 Å². The fraction of sp³-hybridized carbons (Fsp3) is 0.286. The van der Waals surface area contributed by atoms with E-state index in [-0.39, 0.29) is 6.04 Å². The Labute approximate surface area is 106 Å². The molecule has 0 spiro atoms. The summed E-state index contributed by atoms with van der Waals surface area (Å²) >= 11 is 1.68. The van der Waals surface area contributed by atoms with Gasteiger partial charge in [-0.15, -0.1) is 11.3 Å². The van der Waals surface area contributed by atoms with Crippen LogP contribution in [0.2, 0.25) is 0 Å². The zero-order valence-corrected chi connectivity index (χ0v) is 11.0. The predicted octanol–water partition coefficient (Wildman–Crippen LogP) is 3.50. The average Bonchev–Trinajstić information content (AvgIpc) is 2.84. The van der Waals surface area contributed by atoms with Gasteiger partial charge < -0.3 is 10.5 Å². The maximum absolute atomic E-state index is 6.29. The summed E-state index contributed by atoms with van der Waals surface area (Å²) in [5.74, 6) is 0.888. The van der Waals surface area contributed by atoms with Crippen molar-refractivity contribution < 1.29 is 4.74 Å². The Balaban J connectivity index is 2.38. The first-order valence-electron chi connectivity index (χ1n) is 5.74. The molecule has 2 N–H and O–H groups in total. The van der Waals surface area contributed by atoms with E-state index >= 15 is 0 Å². The second kappa shape index (κ2) is 5.34. The Hall–Kier alpha value is -1.32. The molecule has 2 aromatic rings. The predicted molar refractivity (Wildman–Crippen MR) is 72.7 cm³/mol. The summed E-state index contributed by atoms with van der Waals surface area (Å²) in [7, 11) is 0. The monoisotopic (exact) mass is 247 g/mol. The van der Waals surface area contributed by atoms with E-state index in [1.807, 2.05) is 24.4 Å². The van der Waals surface area contributed by atoms with Gasteiger partial charge in [-0.1, -0.05) is 23.8 Å². The summed E-state index contributed by atoms with van der Waals surface area (Å²) in [6, 6.07) is 10.1. The van der Waals surface area contributed by atoms with E-state index in [1.54, 1.807) is 11.3 Å². The van der Waals surface area contributed by atoms with Gasteiger partial charge >= 0.3 is 0 Å². The molecule has 2 rings (SSSR count). The Bertz CT molecular complexity index is 479. The van der Waals surface area contributed by atoms with Crippen LogP contribution < -0.4 is 10.5 Å². The summed E-state index contributed by atoms with van der Waals surface area (Å²) in [6.45, 7) is 4.72. The molecule has 17 heavy (non-hydrogen) atoms. The van der Waals surface area contributed by atoms with Crippen molar-refractivity contribution in [3.8, 4) is 5.75 Å². The average molecular weight is 247 g/mol. The molecule has 1 aromatic heterocycles. The lowest BCUT2D eigenvalue weighted by Crippen LogP contribution is -2.12. The molecule has 90 valence electrons. The van der Waals surface area contributed by atoms with Gasteiger partial charge in [-0.2, -0.15) is 0 Å². The van der Waals surface area contributed by atoms with E-state index in [0.29, 0.717) is 6.61 Å². The quantitative estimate of drug-likeness (QED) is 0.897. The highest BCUT2D eigenvalue weighted by atomic mass is 32.1. The number of rotatable bonds is 4. The number of aryl methyl sites for hydroxylation is 1. The van der Waals surface area contributed by atoms with Crippen molar-refractivity contribution >= 4 is 11.3 Å². The van der Waals surface area contributed by atoms with E-state index in [0.717, 1.165) is 16.2 Å². The summed E-state index contributed by atoms with van der Waals surface area (Å²) in [5.41, 5.74) is 8.56. The van der Waals surface area contributed by atoms with Crippen molar-refractivity contribution in [3.05, 3.63) is 51.7 Å². The van der Waals surface area contributed by atoms with Crippen molar-refractivity contribution in [2.75, 3.05) is 6.61 Å². The third-order valence-corrected chi connectivity index (χ3v) is 3.61. The molecular weight excluding hydrogens is 230 g/mol. The second-order valence-electron chi connectivity index (χ2n) is 3.97. The van der Waals surface area contributed by atoms with Gasteiger partial charge in [0.1, 0.15) is 5.75 Å². The molecule has 1 aromatic carbocycles. The molecule has 0 aliphatic heterocycles. The number of hydrogen-bond donors (Lipinski definition) is 1. The Morgan fingerprint density at radius 1 is 1.35 bits per heavy atom. The van der Waals surface area contributed by atoms with Crippen LogP contribution in [0.15, 0.2) is 35.7 Å². The smallest absolute Gasteiger partial charge is 0.124 e. The van der Waals surface area contributed by atoms with Crippen molar-refractivity contribution in [1.29, 1.82) is 0 Å². The number of ether oxygens (including phenoxy) is 1. The standard InChI is InChI=1S/C14H17NOS/c1-3-16-12-7-6-10(2)9-11(12)14(15)13-5-4-8-17-13/h4-9,14H,3,15H2,1-2H3. The molecule has 1 atom stereocenters. The molecule has 0 saturated carbocycles. The zero-order chi connectivity index (χ0) is 12.3. The summed E-state index contributed by atoms with van der Waals surface area (Å²) in [6.07, 6.45) is 0. The molecule has 0 amide bonds. The molecular formula is C14H17NOS. The Kier molecular flexibility index (Phi) is 3.82. The van der Waals surface area contributed by atoms with Crippen LogP contribution in [0.1, 0.15) is 29.0 Å². The first kappa shape index (κ1) is 12.1. The fourth-order valence-corrected chi connectivity index (χ4v) is 2.56. The van der Waals surface area contributed by atoms with Gasteiger partial charge in [0.2, 0.25) is 0 Å². The molecule has 0 saturated heterocycles. The number of hydrogen-bond acceptors (Lipinski definition) is 3. The fourth-order valence-electron chi connectivity index (χ4n) is 1.82. The Morgan fingerprint density at radius 2 is 2.18 bits per heavy atom. The van der Waals surface area contributed by atoms with Crippen LogP contribution in [-0.4, -0.2) is 6.61 Å². The van der Waals surface area contributed by atoms with Crippen LogP contribution in [0.25, 0.3) is 0 Å². The van der Waals surface area contributed by atoms with Gasteiger partial charge in [-0.25, -0.2) is 0 Å². The molecule has 0 aliphatic rings. The Morgan fingerprint density at radius 3 is 2.82 bits per heavy atom. The highest BCUT2D eigenvalue weighted by Gasteiger charge is 2.15. The van der Waals surface area contributed by atoms with Crippen LogP contribution in [0.3, 0.4) is 0 Å². The van der Waals surface area contributed by atoms with E-state index in [4.69, 9.17) is 10.5 Å². The van der Waals surface area contributed by atoms with E-state index in [2.05, 4.69) is 25.1 Å². The number of benzene rings is 1. The molecule has 2 nitrogen and oxygen atoms in total. The molecule has 0 radical (unpaired) electrons. The third kappa shape index (κ3) is 2.68. The van der Waals surface area contributed by atoms with Gasteiger partial charge in [-0.05, 0) is 31.4 Å². The first-order chi connectivity index (χ1) is 8.22. The van der Waals surface area contributed by atoms with Gasteiger partial charge in [0, 0.05) is 10.4 Å². The normalized spacial score (nSPS) is 12.4.